The standard InChI is InChI=1S/C31H49N6O4.U/c1-28(2,3)23(34-27(41)36-16-30(17-36)9-7-8-10-30)26(40)37-15-19-21(29(19,4)5)22(37)25(39)33-20(32-6)13-18-14-31(11-12-31)35-24(18)38;/h18-23H,7-17H2,1-6H3,(H,33,39)(H,34,41)(H,35,38);/q-1;. The van der Waals surface area contributed by atoms with E-state index < -0.39 is 23.7 Å². The second kappa shape index (κ2) is 10.9. The molecule has 6 unspecified atom stereocenters. The first kappa shape index (κ1) is 32.1. The summed E-state index contributed by atoms with van der Waals surface area (Å²) in [6.45, 7) is 12.2. The van der Waals surface area contributed by atoms with E-state index in [9.17, 15) is 19.2 Å². The van der Waals surface area contributed by atoms with Gasteiger partial charge in [0.05, 0.1) is 0 Å². The fourth-order valence-corrected chi connectivity index (χ4v) is 8.59. The van der Waals surface area contributed by atoms with Gasteiger partial charge in [-0.25, -0.2) is 4.79 Å². The minimum absolute atomic E-state index is 0. The number of piperidine rings is 1. The Morgan fingerprint density at radius 3 is 2.26 bits per heavy atom. The molecule has 42 heavy (non-hydrogen) atoms. The molecule has 3 heterocycles. The van der Waals surface area contributed by atoms with Crippen molar-refractivity contribution in [3.63, 3.8) is 0 Å². The predicted molar refractivity (Wildman–Crippen MR) is 155 cm³/mol. The van der Waals surface area contributed by atoms with Gasteiger partial charge in [0.25, 0.3) is 0 Å². The van der Waals surface area contributed by atoms with Crippen LogP contribution in [-0.4, -0.2) is 84.0 Å². The van der Waals surface area contributed by atoms with Crippen LogP contribution in [0.3, 0.4) is 0 Å². The second-order valence-electron chi connectivity index (χ2n) is 15.9. The largest absolute Gasteiger partial charge is 0.645 e. The SMILES string of the molecule is C[N-]C(CC1CC2(CC2)NC1=O)NC(=O)C1C2C(CN1C(=O)C(NC(=O)N1CC3(CCCC3)C1)C(C)(C)C)C2(C)C.[U]. The third-order valence-corrected chi connectivity index (χ3v) is 11.5. The van der Waals surface area contributed by atoms with Crippen molar-refractivity contribution in [2.24, 2.45) is 34.0 Å². The van der Waals surface area contributed by atoms with Gasteiger partial charge in [-0.05, 0) is 61.2 Å². The maximum atomic E-state index is 14.2. The van der Waals surface area contributed by atoms with Crippen molar-refractivity contribution in [2.45, 2.75) is 110 Å². The molecule has 11 heteroatoms. The monoisotopic (exact) mass is 807 g/mol. The van der Waals surface area contributed by atoms with Gasteiger partial charge >= 0.3 is 6.03 Å². The van der Waals surface area contributed by atoms with Crippen LogP contribution in [0.4, 0.5) is 4.79 Å². The van der Waals surface area contributed by atoms with Crippen LogP contribution < -0.4 is 16.0 Å². The number of rotatable bonds is 7. The van der Waals surface area contributed by atoms with Gasteiger partial charge in [0.15, 0.2) is 0 Å². The van der Waals surface area contributed by atoms with Crippen molar-refractivity contribution in [3.05, 3.63) is 5.32 Å². The van der Waals surface area contributed by atoms with Gasteiger partial charge in [-0.2, -0.15) is 7.05 Å². The molecule has 3 aliphatic heterocycles. The summed E-state index contributed by atoms with van der Waals surface area (Å²) in [5.74, 6) is -0.220. The fraction of sp³-hybridized carbons (Fsp3) is 0.871. The van der Waals surface area contributed by atoms with Gasteiger partial charge in [-0.15, -0.1) is 0 Å². The molecule has 0 aromatic rings. The van der Waals surface area contributed by atoms with Crippen LogP contribution in [0.15, 0.2) is 0 Å². The summed E-state index contributed by atoms with van der Waals surface area (Å²) in [7, 11) is 1.67. The Hall–Kier alpha value is -1.31. The number of fused-ring (bicyclic) bond motifs is 1. The number of carbonyl (C=O) groups is 4. The summed E-state index contributed by atoms with van der Waals surface area (Å²) in [5, 5.41) is 13.7. The molecule has 0 bridgehead atoms. The van der Waals surface area contributed by atoms with E-state index in [1.807, 2.05) is 25.7 Å². The Morgan fingerprint density at radius 2 is 1.71 bits per heavy atom. The first-order valence-electron chi connectivity index (χ1n) is 15.8. The molecule has 0 aromatic heterocycles. The maximum Gasteiger partial charge on any atom is 0.318 e. The number of hydrogen-bond donors (Lipinski definition) is 3. The molecule has 6 rings (SSSR count). The second-order valence-corrected chi connectivity index (χ2v) is 15.9. The third-order valence-electron chi connectivity index (χ3n) is 11.5. The van der Waals surface area contributed by atoms with Crippen LogP contribution in [0.25, 0.3) is 5.32 Å². The molecule has 0 aromatic carbocycles. The van der Waals surface area contributed by atoms with Crippen molar-refractivity contribution in [1.29, 1.82) is 0 Å². The Morgan fingerprint density at radius 1 is 1.07 bits per heavy atom. The molecule has 0 radical (unpaired) electrons. The van der Waals surface area contributed by atoms with Crippen molar-refractivity contribution >= 4 is 23.8 Å². The zero-order chi connectivity index (χ0) is 29.5. The summed E-state index contributed by atoms with van der Waals surface area (Å²) in [6, 6.07) is -1.55. The molecule has 5 amide bonds. The number of carbonyl (C=O) groups excluding carboxylic acids is 4. The summed E-state index contributed by atoms with van der Waals surface area (Å²) in [6.07, 6.45) is 7.65. The molecule has 6 aliphatic rings. The Bertz CT molecular complexity index is 1120. The first-order valence-corrected chi connectivity index (χ1v) is 15.8. The normalized spacial score (nSPS) is 32.4. The van der Waals surface area contributed by atoms with E-state index in [1.165, 1.54) is 25.7 Å². The number of urea groups is 1. The molecule has 10 nitrogen and oxygen atoms in total. The van der Waals surface area contributed by atoms with E-state index in [1.54, 1.807) is 11.9 Å². The number of hydrogen-bond acceptors (Lipinski definition) is 4. The van der Waals surface area contributed by atoms with Gasteiger partial charge in [-0.3, -0.25) is 14.4 Å². The van der Waals surface area contributed by atoms with E-state index in [2.05, 4.69) is 35.1 Å². The zero-order valence-corrected chi connectivity index (χ0v) is 30.4. The number of amides is 5. The number of likely N-dealkylation sites (tertiary alicyclic amines) is 2. The van der Waals surface area contributed by atoms with Crippen LogP contribution in [0.1, 0.15) is 86.0 Å². The van der Waals surface area contributed by atoms with Gasteiger partial charge < -0.3 is 31.1 Å². The fourth-order valence-electron chi connectivity index (χ4n) is 8.59. The Kier molecular flexibility index (Phi) is 8.36. The van der Waals surface area contributed by atoms with E-state index in [0.717, 1.165) is 32.4 Å². The van der Waals surface area contributed by atoms with Crippen molar-refractivity contribution in [2.75, 3.05) is 26.7 Å². The van der Waals surface area contributed by atoms with Crippen LogP contribution in [0.2, 0.25) is 0 Å². The van der Waals surface area contributed by atoms with Crippen LogP contribution in [0.5, 0.6) is 0 Å². The van der Waals surface area contributed by atoms with E-state index >= 15 is 0 Å². The van der Waals surface area contributed by atoms with Crippen LogP contribution in [-0.2, 0) is 14.4 Å². The molecular formula is C31H49N6O4U-. The molecule has 3 aliphatic carbocycles. The van der Waals surface area contributed by atoms with E-state index in [0.29, 0.717) is 13.0 Å². The van der Waals surface area contributed by atoms with Gasteiger partial charge in [0, 0.05) is 67.6 Å². The molecule has 3 saturated carbocycles. The summed E-state index contributed by atoms with van der Waals surface area (Å²) in [5.41, 5.74) is -0.302. The van der Waals surface area contributed by atoms with Gasteiger partial charge in [0.1, 0.15) is 12.1 Å². The molecule has 3 saturated heterocycles. The summed E-state index contributed by atoms with van der Waals surface area (Å²) < 4.78 is 0. The molecule has 232 valence electrons. The maximum absolute atomic E-state index is 14.2. The third kappa shape index (κ3) is 5.64. The minimum Gasteiger partial charge on any atom is -0.645 e. The smallest absolute Gasteiger partial charge is 0.318 e. The average molecular weight is 808 g/mol. The van der Waals surface area contributed by atoms with E-state index in [4.69, 9.17) is 0 Å². The molecule has 6 atom stereocenters. The number of nitrogens with zero attached hydrogens (tertiary/aromatic N) is 3. The predicted octanol–water partition coefficient (Wildman–Crippen LogP) is 2.97. The van der Waals surface area contributed by atoms with E-state index in [-0.39, 0.29) is 89.0 Å². The van der Waals surface area contributed by atoms with Crippen molar-refractivity contribution in [1.82, 2.24) is 25.8 Å². The molecule has 3 N–H and O–H groups in total. The van der Waals surface area contributed by atoms with Gasteiger partial charge in [0.2, 0.25) is 17.7 Å². The Labute approximate surface area is 274 Å². The van der Waals surface area contributed by atoms with Crippen LogP contribution in [0, 0.1) is 65.1 Å². The van der Waals surface area contributed by atoms with Crippen molar-refractivity contribution in [3.8, 4) is 0 Å². The average Bonchev–Trinajstić information content (AvgIpc) is 3.43. The first-order chi connectivity index (χ1) is 19.2. The summed E-state index contributed by atoms with van der Waals surface area (Å²) in [4.78, 5) is 57.5. The molecule has 6 fully saturated rings. The van der Waals surface area contributed by atoms with Crippen molar-refractivity contribution < 1.29 is 50.3 Å². The van der Waals surface area contributed by atoms with Crippen LogP contribution >= 0.6 is 0 Å². The Balaban J connectivity index is 0.00000353. The topological polar surface area (TPSA) is 125 Å². The molecule has 2 spiro atoms. The quantitative estimate of drug-likeness (QED) is 0.366. The molecular weight excluding hydrogens is 758 g/mol. The number of nitrogens with one attached hydrogen (secondary N) is 3. The minimum atomic E-state index is -0.741. The summed E-state index contributed by atoms with van der Waals surface area (Å²) >= 11 is 0. The van der Waals surface area contributed by atoms with Gasteiger partial charge in [-0.1, -0.05) is 53.6 Å². The zero-order valence-electron chi connectivity index (χ0n) is 26.2.